The minimum absolute atomic E-state index is 0.207. The molecule has 0 spiro atoms. The standard InChI is InChI=1S/C15H22FN3O2/c1-11-9-14(15(19(20)21)10-13(11)16)17-7-8-18(2)12-5-3-4-6-12/h9-10,12,17H,3-8H2,1-2H3. The quantitative estimate of drug-likeness (QED) is 0.646. The first-order valence-electron chi connectivity index (χ1n) is 7.37. The molecule has 0 amide bonds. The van der Waals surface area contributed by atoms with E-state index in [0.717, 1.165) is 12.6 Å². The van der Waals surface area contributed by atoms with Crippen LogP contribution in [0.3, 0.4) is 0 Å². The summed E-state index contributed by atoms with van der Waals surface area (Å²) in [5.74, 6) is -0.546. The molecule has 0 atom stereocenters. The molecule has 1 fully saturated rings. The van der Waals surface area contributed by atoms with Crippen LogP contribution >= 0.6 is 0 Å². The van der Waals surface area contributed by atoms with E-state index in [4.69, 9.17) is 0 Å². The Labute approximate surface area is 124 Å². The zero-order valence-electron chi connectivity index (χ0n) is 12.6. The molecule has 1 aliphatic rings. The number of hydrogen-bond donors (Lipinski definition) is 1. The summed E-state index contributed by atoms with van der Waals surface area (Å²) in [6.45, 7) is 3.03. The highest BCUT2D eigenvalue weighted by Crippen LogP contribution is 2.27. The number of nitrogens with zero attached hydrogens (tertiary/aromatic N) is 2. The predicted octanol–water partition coefficient (Wildman–Crippen LogP) is 3.33. The van der Waals surface area contributed by atoms with Crippen molar-refractivity contribution in [3.8, 4) is 0 Å². The van der Waals surface area contributed by atoms with Crippen LogP contribution in [0, 0.1) is 22.9 Å². The summed E-state index contributed by atoms with van der Waals surface area (Å²) in [6.07, 6.45) is 5.02. The van der Waals surface area contributed by atoms with Gasteiger partial charge in [0.05, 0.1) is 11.0 Å². The molecule has 0 bridgehead atoms. The lowest BCUT2D eigenvalue weighted by atomic mass is 10.1. The van der Waals surface area contributed by atoms with Gasteiger partial charge in [0.25, 0.3) is 5.69 Å². The van der Waals surface area contributed by atoms with E-state index >= 15 is 0 Å². The maximum Gasteiger partial charge on any atom is 0.295 e. The van der Waals surface area contributed by atoms with Gasteiger partial charge >= 0.3 is 0 Å². The molecule has 0 unspecified atom stereocenters. The van der Waals surface area contributed by atoms with Gasteiger partial charge in [-0.25, -0.2) is 4.39 Å². The molecule has 5 nitrogen and oxygen atoms in total. The number of rotatable bonds is 6. The van der Waals surface area contributed by atoms with Gasteiger partial charge in [0.2, 0.25) is 0 Å². The summed E-state index contributed by atoms with van der Waals surface area (Å²) in [6, 6.07) is 3.11. The minimum Gasteiger partial charge on any atom is -0.378 e. The van der Waals surface area contributed by atoms with Gasteiger partial charge in [0.1, 0.15) is 11.5 Å². The van der Waals surface area contributed by atoms with Crippen LogP contribution in [0.5, 0.6) is 0 Å². The number of benzene rings is 1. The molecule has 0 radical (unpaired) electrons. The van der Waals surface area contributed by atoms with Gasteiger partial charge in [-0.3, -0.25) is 10.1 Å². The van der Waals surface area contributed by atoms with Gasteiger partial charge in [0, 0.05) is 19.1 Å². The molecule has 116 valence electrons. The molecule has 1 aliphatic carbocycles. The minimum atomic E-state index is -0.550. The van der Waals surface area contributed by atoms with Gasteiger partial charge < -0.3 is 10.2 Å². The third-order valence-corrected chi connectivity index (χ3v) is 4.20. The number of aryl methyl sites for hydroxylation is 1. The smallest absolute Gasteiger partial charge is 0.295 e. The first-order chi connectivity index (χ1) is 9.99. The molecule has 0 saturated heterocycles. The van der Waals surface area contributed by atoms with Crippen molar-refractivity contribution in [3.05, 3.63) is 33.6 Å². The molecular weight excluding hydrogens is 273 g/mol. The molecule has 6 heteroatoms. The summed E-state index contributed by atoms with van der Waals surface area (Å²) < 4.78 is 13.4. The van der Waals surface area contributed by atoms with Crippen molar-refractivity contribution in [2.45, 2.75) is 38.6 Å². The van der Waals surface area contributed by atoms with E-state index < -0.39 is 10.7 Å². The van der Waals surface area contributed by atoms with Crippen LogP contribution in [0.4, 0.5) is 15.8 Å². The molecule has 1 aromatic rings. The highest BCUT2D eigenvalue weighted by atomic mass is 19.1. The van der Waals surface area contributed by atoms with Crippen molar-refractivity contribution in [2.24, 2.45) is 0 Å². The Hall–Kier alpha value is -1.69. The SMILES string of the molecule is Cc1cc(NCCN(C)C2CCCC2)c([N+](=O)[O-])cc1F. The van der Waals surface area contributed by atoms with Crippen LogP contribution in [0.25, 0.3) is 0 Å². The average molecular weight is 295 g/mol. The Morgan fingerprint density at radius 3 is 2.71 bits per heavy atom. The van der Waals surface area contributed by atoms with E-state index in [1.54, 1.807) is 6.92 Å². The number of likely N-dealkylation sites (N-methyl/N-ethyl adjacent to an activating group) is 1. The number of nitro groups is 1. The number of anilines is 1. The monoisotopic (exact) mass is 295 g/mol. The van der Waals surface area contributed by atoms with Crippen molar-refractivity contribution in [2.75, 3.05) is 25.5 Å². The first kappa shape index (κ1) is 15.7. The molecule has 1 saturated carbocycles. The van der Waals surface area contributed by atoms with Crippen molar-refractivity contribution in [1.29, 1.82) is 0 Å². The Kier molecular flexibility index (Phi) is 5.12. The van der Waals surface area contributed by atoms with E-state index in [-0.39, 0.29) is 5.69 Å². The van der Waals surface area contributed by atoms with Gasteiger partial charge in [0.15, 0.2) is 0 Å². The molecule has 1 aromatic carbocycles. The van der Waals surface area contributed by atoms with E-state index in [2.05, 4.69) is 17.3 Å². The van der Waals surface area contributed by atoms with E-state index in [9.17, 15) is 14.5 Å². The lowest BCUT2D eigenvalue weighted by Gasteiger charge is -2.24. The topological polar surface area (TPSA) is 58.4 Å². The van der Waals surface area contributed by atoms with E-state index in [1.807, 2.05) is 0 Å². The Morgan fingerprint density at radius 2 is 2.10 bits per heavy atom. The number of hydrogen-bond acceptors (Lipinski definition) is 4. The molecule has 21 heavy (non-hydrogen) atoms. The number of halogens is 1. The molecular formula is C15H22FN3O2. The van der Waals surface area contributed by atoms with Crippen LogP contribution in [-0.4, -0.2) is 36.0 Å². The second-order valence-electron chi connectivity index (χ2n) is 5.72. The maximum atomic E-state index is 13.4. The summed E-state index contributed by atoms with van der Waals surface area (Å²) in [7, 11) is 2.09. The zero-order valence-corrected chi connectivity index (χ0v) is 12.6. The Bertz CT molecular complexity index is 516. The highest BCUT2D eigenvalue weighted by Gasteiger charge is 2.20. The maximum absolute atomic E-state index is 13.4. The van der Waals surface area contributed by atoms with Crippen LogP contribution in [0.2, 0.25) is 0 Å². The normalized spacial score (nSPS) is 15.6. The van der Waals surface area contributed by atoms with Gasteiger partial charge in [-0.1, -0.05) is 12.8 Å². The summed E-state index contributed by atoms with van der Waals surface area (Å²) >= 11 is 0. The van der Waals surface area contributed by atoms with E-state index in [0.29, 0.717) is 23.8 Å². The van der Waals surface area contributed by atoms with E-state index in [1.165, 1.54) is 31.7 Å². The van der Waals surface area contributed by atoms with Crippen molar-refractivity contribution in [1.82, 2.24) is 4.90 Å². The molecule has 0 aliphatic heterocycles. The Balaban J connectivity index is 1.96. The first-order valence-corrected chi connectivity index (χ1v) is 7.37. The van der Waals surface area contributed by atoms with Crippen molar-refractivity contribution < 1.29 is 9.31 Å². The lowest BCUT2D eigenvalue weighted by molar-refractivity contribution is -0.384. The summed E-state index contributed by atoms with van der Waals surface area (Å²) in [5.41, 5.74) is 0.590. The van der Waals surface area contributed by atoms with Crippen LogP contribution in [0.1, 0.15) is 31.2 Å². The number of nitro benzene ring substituents is 1. The summed E-state index contributed by atoms with van der Waals surface area (Å²) in [4.78, 5) is 12.7. The second kappa shape index (κ2) is 6.85. The third kappa shape index (κ3) is 3.91. The fourth-order valence-electron chi connectivity index (χ4n) is 2.86. The fourth-order valence-corrected chi connectivity index (χ4v) is 2.86. The predicted molar refractivity (Wildman–Crippen MR) is 81.2 cm³/mol. The lowest BCUT2D eigenvalue weighted by Crippen LogP contribution is -2.33. The van der Waals surface area contributed by atoms with Gasteiger partial charge in [-0.15, -0.1) is 0 Å². The fraction of sp³-hybridized carbons (Fsp3) is 0.600. The summed E-state index contributed by atoms with van der Waals surface area (Å²) in [5, 5.41) is 14.0. The van der Waals surface area contributed by atoms with Crippen LogP contribution in [-0.2, 0) is 0 Å². The number of nitrogens with one attached hydrogen (secondary N) is 1. The van der Waals surface area contributed by atoms with Crippen molar-refractivity contribution in [3.63, 3.8) is 0 Å². The molecule has 0 heterocycles. The highest BCUT2D eigenvalue weighted by molar-refractivity contribution is 5.63. The molecule has 0 aromatic heterocycles. The van der Waals surface area contributed by atoms with Gasteiger partial charge in [-0.05, 0) is 38.4 Å². The second-order valence-corrected chi connectivity index (χ2v) is 5.72. The Morgan fingerprint density at radius 1 is 1.43 bits per heavy atom. The van der Waals surface area contributed by atoms with Crippen LogP contribution in [0.15, 0.2) is 12.1 Å². The van der Waals surface area contributed by atoms with Crippen LogP contribution < -0.4 is 5.32 Å². The third-order valence-electron chi connectivity index (χ3n) is 4.20. The average Bonchev–Trinajstić information content (AvgIpc) is 2.96. The van der Waals surface area contributed by atoms with Gasteiger partial charge in [-0.2, -0.15) is 0 Å². The molecule has 2 rings (SSSR count). The molecule has 1 N–H and O–H groups in total. The van der Waals surface area contributed by atoms with Crippen molar-refractivity contribution >= 4 is 11.4 Å². The zero-order chi connectivity index (χ0) is 15.4. The largest absolute Gasteiger partial charge is 0.378 e.